The van der Waals surface area contributed by atoms with Gasteiger partial charge in [0.2, 0.25) is 9.84 Å². The molecule has 5 nitrogen and oxygen atoms in total. The molecule has 0 saturated heterocycles. The highest BCUT2D eigenvalue weighted by molar-refractivity contribution is 7.91. The topological polar surface area (TPSA) is 72.5 Å². The Hall–Kier alpha value is -2.54. The molecule has 4 rings (SSSR count). The molecule has 1 aliphatic rings. The monoisotopic (exact) mass is 447 g/mol. The third kappa shape index (κ3) is 3.71. The van der Waals surface area contributed by atoms with E-state index in [2.05, 4.69) is 5.32 Å². The lowest BCUT2D eigenvalue weighted by atomic mass is 10.1. The quantitative estimate of drug-likeness (QED) is 0.482. The maximum atomic E-state index is 13.1. The Morgan fingerprint density at radius 3 is 2.52 bits per heavy atom. The Morgan fingerprint density at radius 1 is 0.966 bits per heavy atom. The van der Waals surface area contributed by atoms with Crippen molar-refractivity contribution in [3.05, 3.63) is 81.8 Å². The molecule has 0 fully saturated rings. The molecule has 3 aromatic rings. The normalized spacial score (nSPS) is 13.7. The first-order valence-corrected chi connectivity index (χ1v) is 11.0. The van der Waals surface area contributed by atoms with Gasteiger partial charge in [-0.25, -0.2) is 8.42 Å². The van der Waals surface area contributed by atoms with E-state index in [0.29, 0.717) is 16.5 Å². The van der Waals surface area contributed by atoms with Crippen molar-refractivity contribution in [3.63, 3.8) is 0 Å². The minimum atomic E-state index is -3.89. The second kappa shape index (κ2) is 7.71. The number of carbonyl (C=O) groups is 1. The van der Waals surface area contributed by atoms with Crippen LogP contribution in [0.4, 0.5) is 0 Å². The standard InChI is InChI=1S/C21H15Cl2NO4S/c22-14-9-8-13(16(23)12-14)10-11-24-21(25)15-4-3-6-18-20(15)29(26,27)19-7-2-1-5-17(19)28-18/h1-9,12H,10-11H2,(H,24,25). The van der Waals surface area contributed by atoms with Crippen molar-refractivity contribution in [2.45, 2.75) is 16.2 Å². The largest absolute Gasteiger partial charge is 0.455 e. The zero-order valence-corrected chi connectivity index (χ0v) is 17.3. The van der Waals surface area contributed by atoms with E-state index >= 15 is 0 Å². The number of halogens is 2. The summed E-state index contributed by atoms with van der Waals surface area (Å²) in [5, 5.41) is 3.79. The van der Waals surface area contributed by atoms with Crippen LogP contribution in [0, 0.1) is 0 Å². The van der Waals surface area contributed by atoms with Gasteiger partial charge in [-0.2, -0.15) is 0 Å². The average Bonchev–Trinajstić information content (AvgIpc) is 2.69. The molecule has 29 heavy (non-hydrogen) atoms. The highest BCUT2D eigenvalue weighted by Crippen LogP contribution is 2.43. The maximum absolute atomic E-state index is 13.1. The van der Waals surface area contributed by atoms with Gasteiger partial charge < -0.3 is 10.1 Å². The van der Waals surface area contributed by atoms with Gasteiger partial charge in [-0.15, -0.1) is 0 Å². The second-order valence-corrected chi connectivity index (χ2v) is 9.13. The van der Waals surface area contributed by atoms with Gasteiger partial charge in [-0.05, 0) is 48.4 Å². The van der Waals surface area contributed by atoms with E-state index in [1.54, 1.807) is 42.5 Å². The predicted octanol–water partition coefficient (Wildman–Crippen LogP) is 4.90. The van der Waals surface area contributed by atoms with Gasteiger partial charge in [0, 0.05) is 16.6 Å². The summed E-state index contributed by atoms with van der Waals surface area (Å²) in [5.41, 5.74) is 0.871. The van der Waals surface area contributed by atoms with Crippen molar-refractivity contribution in [2.75, 3.05) is 6.54 Å². The summed E-state index contributed by atoms with van der Waals surface area (Å²) in [6, 6.07) is 16.1. The van der Waals surface area contributed by atoms with Crippen molar-refractivity contribution in [3.8, 4) is 11.5 Å². The minimum Gasteiger partial charge on any atom is -0.455 e. The number of fused-ring (bicyclic) bond motifs is 2. The highest BCUT2D eigenvalue weighted by Gasteiger charge is 2.35. The van der Waals surface area contributed by atoms with E-state index in [9.17, 15) is 13.2 Å². The number of ether oxygens (including phenoxy) is 1. The smallest absolute Gasteiger partial charge is 0.252 e. The number of carbonyl (C=O) groups excluding carboxylic acids is 1. The third-order valence-electron chi connectivity index (χ3n) is 4.55. The van der Waals surface area contributed by atoms with Crippen LogP contribution < -0.4 is 10.1 Å². The van der Waals surface area contributed by atoms with Crippen molar-refractivity contribution < 1.29 is 17.9 Å². The fraction of sp³-hybridized carbons (Fsp3) is 0.0952. The molecule has 8 heteroatoms. The highest BCUT2D eigenvalue weighted by atomic mass is 35.5. The molecule has 0 aromatic heterocycles. The summed E-state index contributed by atoms with van der Waals surface area (Å²) >= 11 is 12.0. The lowest BCUT2D eigenvalue weighted by molar-refractivity contribution is 0.0950. The van der Waals surface area contributed by atoms with Crippen LogP contribution in [0.15, 0.2) is 70.5 Å². The van der Waals surface area contributed by atoms with E-state index in [-0.39, 0.29) is 33.4 Å². The predicted molar refractivity (Wildman–Crippen MR) is 111 cm³/mol. The molecule has 0 radical (unpaired) electrons. The van der Waals surface area contributed by atoms with Gasteiger partial charge in [0.05, 0.1) is 5.56 Å². The van der Waals surface area contributed by atoms with Crippen molar-refractivity contribution in [1.29, 1.82) is 0 Å². The van der Waals surface area contributed by atoms with Crippen LogP contribution in [-0.2, 0) is 16.3 Å². The molecule has 0 spiro atoms. The lowest BCUT2D eigenvalue weighted by Gasteiger charge is -2.22. The second-order valence-electron chi connectivity index (χ2n) is 6.43. The van der Waals surface area contributed by atoms with E-state index in [1.165, 1.54) is 18.2 Å². The maximum Gasteiger partial charge on any atom is 0.252 e. The van der Waals surface area contributed by atoms with Crippen LogP contribution in [0.1, 0.15) is 15.9 Å². The van der Waals surface area contributed by atoms with Gasteiger partial charge in [-0.1, -0.05) is 47.5 Å². The number of benzene rings is 3. The molecule has 0 unspecified atom stereocenters. The van der Waals surface area contributed by atoms with E-state index in [4.69, 9.17) is 27.9 Å². The van der Waals surface area contributed by atoms with Crippen molar-refractivity contribution in [2.24, 2.45) is 0 Å². The van der Waals surface area contributed by atoms with Crippen LogP contribution >= 0.6 is 23.2 Å². The van der Waals surface area contributed by atoms with Crippen molar-refractivity contribution in [1.82, 2.24) is 5.32 Å². The number of rotatable bonds is 4. The zero-order chi connectivity index (χ0) is 20.6. The zero-order valence-electron chi connectivity index (χ0n) is 15.0. The fourth-order valence-electron chi connectivity index (χ4n) is 3.17. The summed E-state index contributed by atoms with van der Waals surface area (Å²) in [6.45, 7) is 0.279. The summed E-state index contributed by atoms with van der Waals surface area (Å²) in [7, 11) is -3.89. The Morgan fingerprint density at radius 2 is 1.72 bits per heavy atom. The molecular weight excluding hydrogens is 433 g/mol. The van der Waals surface area contributed by atoms with Crippen LogP contribution in [0.3, 0.4) is 0 Å². The summed E-state index contributed by atoms with van der Waals surface area (Å²) in [6.07, 6.45) is 0.475. The summed E-state index contributed by atoms with van der Waals surface area (Å²) in [4.78, 5) is 12.7. The van der Waals surface area contributed by atoms with Gasteiger partial charge >= 0.3 is 0 Å². The molecule has 1 heterocycles. The average molecular weight is 448 g/mol. The molecule has 0 saturated carbocycles. The number of amides is 1. The van der Waals surface area contributed by atoms with Gasteiger partial charge in [-0.3, -0.25) is 4.79 Å². The molecular formula is C21H15Cl2NO4S. The Bertz CT molecular complexity index is 1230. The van der Waals surface area contributed by atoms with Crippen LogP contribution in [0.25, 0.3) is 0 Å². The van der Waals surface area contributed by atoms with E-state index < -0.39 is 15.7 Å². The number of sulfone groups is 1. The molecule has 1 amide bonds. The molecule has 0 atom stereocenters. The molecule has 148 valence electrons. The molecule has 0 aliphatic carbocycles. The first-order chi connectivity index (χ1) is 13.9. The molecule has 3 aromatic carbocycles. The third-order valence-corrected chi connectivity index (χ3v) is 7.01. The molecule has 1 aliphatic heterocycles. The molecule has 1 N–H and O–H groups in total. The van der Waals surface area contributed by atoms with Crippen LogP contribution in [-0.4, -0.2) is 20.9 Å². The van der Waals surface area contributed by atoms with Crippen LogP contribution in [0.5, 0.6) is 11.5 Å². The molecule has 0 bridgehead atoms. The minimum absolute atomic E-state index is 0.0409. The number of hydrogen-bond acceptors (Lipinski definition) is 4. The Kier molecular flexibility index (Phi) is 5.25. The number of hydrogen-bond donors (Lipinski definition) is 1. The number of nitrogens with one attached hydrogen (secondary N) is 1. The summed E-state index contributed by atoms with van der Waals surface area (Å²) < 4.78 is 31.9. The van der Waals surface area contributed by atoms with E-state index in [0.717, 1.165) is 5.56 Å². The SMILES string of the molecule is O=C(NCCc1ccc(Cl)cc1Cl)c1cccc2c1S(=O)(=O)c1ccccc1O2. The van der Waals surface area contributed by atoms with Gasteiger partial charge in [0.1, 0.15) is 21.3 Å². The van der Waals surface area contributed by atoms with Gasteiger partial charge in [0.25, 0.3) is 5.91 Å². The first-order valence-electron chi connectivity index (χ1n) is 8.75. The Balaban J connectivity index is 1.58. The Labute approximate surface area is 178 Å². The lowest BCUT2D eigenvalue weighted by Crippen LogP contribution is -2.28. The van der Waals surface area contributed by atoms with Crippen molar-refractivity contribution >= 4 is 38.9 Å². The van der Waals surface area contributed by atoms with Crippen LogP contribution in [0.2, 0.25) is 10.0 Å². The first kappa shape index (κ1) is 19.8. The summed E-state index contributed by atoms with van der Waals surface area (Å²) in [5.74, 6) is -0.120. The van der Waals surface area contributed by atoms with Gasteiger partial charge in [0.15, 0.2) is 0 Å². The van der Waals surface area contributed by atoms with E-state index in [1.807, 2.05) is 0 Å². The fourth-order valence-corrected chi connectivity index (χ4v) is 5.35. The number of para-hydroxylation sites is 1.